The van der Waals surface area contributed by atoms with Crippen molar-refractivity contribution in [3.8, 4) is 11.5 Å². The maximum Gasteiger partial charge on any atom is 0.275 e. The lowest BCUT2D eigenvalue weighted by molar-refractivity contribution is -0.384. The van der Waals surface area contributed by atoms with Crippen molar-refractivity contribution in [2.24, 2.45) is 0 Å². The molecule has 1 saturated heterocycles. The normalized spacial score (nSPS) is 26.7. The maximum absolute atomic E-state index is 13.0. The number of hydrogen-bond acceptors (Lipinski definition) is 9. The van der Waals surface area contributed by atoms with E-state index in [1.165, 1.54) is 30.3 Å². The number of aliphatic hydroxyl groups excluding tert-OH is 4. The standard InChI is InChI=1S/C18H19FN2O8/c19-9-1-3-12(4-2-9)28-13-6-10(5-11(7-13)21(26)27)20-18-17(25)16(24)15(23)14(8-22)29-18/h1-7,14-18,20,22-25H,8H2/t14-,15+,16+,17-,18-/m1/s1. The SMILES string of the molecule is O=[N+]([O-])c1cc(N[C@@H]2O[C@H](CO)[C@H](O)[C@H](O)[C@H]2O)cc(Oc2ccc(F)cc2)c1. The molecule has 0 spiro atoms. The van der Waals surface area contributed by atoms with E-state index in [4.69, 9.17) is 9.47 Å². The summed E-state index contributed by atoms with van der Waals surface area (Å²) in [5, 5.41) is 53.0. The molecule has 0 aromatic heterocycles. The van der Waals surface area contributed by atoms with E-state index in [2.05, 4.69) is 5.32 Å². The van der Waals surface area contributed by atoms with Crippen molar-refractivity contribution in [1.29, 1.82) is 0 Å². The summed E-state index contributed by atoms with van der Waals surface area (Å²) in [5.41, 5.74) is -0.225. The van der Waals surface area contributed by atoms with E-state index in [9.17, 15) is 34.9 Å². The van der Waals surface area contributed by atoms with Crippen LogP contribution in [0.25, 0.3) is 0 Å². The Morgan fingerprint density at radius 3 is 2.38 bits per heavy atom. The van der Waals surface area contributed by atoms with E-state index in [1.807, 2.05) is 0 Å². The van der Waals surface area contributed by atoms with Gasteiger partial charge < -0.3 is 35.2 Å². The van der Waals surface area contributed by atoms with Crippen LogP contribution in [0.3, 0.4) is 0 Å². The second-order valence-corrected chi connectivity index (χ2v) is 6.42. The fourth-order valence-electron chi connectivity index (χ4n) is 2.85. The van der Waals surface area contributed by atoms with Crippen molar-refractivity contribution in [3.05, 3.63) is 58.4 Å². The van der Waals surface area contributed by atoms with Crippen LogP contribution in [0.2, 0.25) is 0 Å². The molecule has 5 atom stereocenters. The first-order chi connectivity index (χ1) is 13.8. The van der Waals surface area contributed by atoms with Crippen LogP contribution in [-0.4, -0.2) is 62.6 Å². The molecule has 0 unspecified atom stereocenters. The Balaban J connectivity index is 1.85. The van der Waals surface area contributed by atoms with Crippen LogP contribution in [0, 0.1) is 15.9 Å². The van der Waals surface area contributed by atoms with Crippen molar-refractivity contribution in [3.63, 3.8) is 0 Å². The average molecular weight is 410 g/mol. The Bertz CT molecular complexity index is 863. The molecule has 0 aliphatic carbocycles. The van der Waals surface area contributed by atoms with Gasteiger partial charge in [0.1, 0.15) is 41.7 Å². The highest BCUT2D eigenvalue weighted by Crippen LogP contribution is 2.31. The number of nitro groups is 1. The third kappa shape index (κ3) is 4.78. The highest BCUT2D eigenvalue weighted by atomic mass is 19.1. The molecule has 1 heterocycles. The maximum atomic E-state index is 13.0. The molecule has 0 bridgehead atoms. The number of halogens is 1. The zero-order valence-corrected chi connectivity index (χ0v) is 14.9. The van der Waals surface area contributed by atoms with Gasteiger partial charge in [-0.15, -0.1) is 0 Å². The van der Waals surface area contributed by atoms with Gasteiger partial charge in [0.2, 0.25) is 0 Å². The fourth-order valence-corrected chi connectivity index (χ4v) is 2.85. The molecular weight excluding hydrogens is 391 g/mol. The number of aliphatic hydroxyl groups is 4. The predicted octanol–water partition coefficient (Wildman–Crippen LogP) is 0.738. The lowest BCUT2D eigenvalue weighted by Crippen LogP contribution is -2.60. The molecule has 29 heavy (non-hydrogen) atoms. The molecule has 10 nitrogen and oxygen atoms in total. The monoisotopic (exact) mass is 410 g/mol. The zero-order chi connectivity index (χ0) is 21.1. The quantitative estimate of drug-likeness (QED) is 0.342. The Labute approximate surface area is 163 Å². The van der Waals surface area contributed by atoms with Crippen LogP contribution in [0.5, 0.6) is 11.5 Å². The molecule has 0 amide bonds. The fraction of sp³-hybridized carbons (Fsp3) is 0.333. The topological polar surface area (TPSA) is 155 Å². The van der Waals surface area contributed by atoms with Crippen LogP contribution in [0.4, 0.5) is 15.8 Å². The number of benzene rings is 2. The smallest absolute Gasteiger partial charge is 0.275 e. The minimum atomic E-state index is -1.60. The van der Waals surface area contributed by atoms with Crippen LogP contribution < -0.4 is 10.1 Å². The van der Waals surface area contributed by atoms with E-state index < -0.39 is 48.0 Å². The predicted molar refractivity (Wildman–Crippen MR) is 97.0 cm³/mol. The molecule has 1 aliphatic heterocycles. The number of nitrogens with one attached hydrogen (secondary N) is 1. The summed E-state index contributed by atoms with van der Waals surface area (Å²) in [4.78, 5) is 10.6. The van der Waals surface area contributed by atoms with Gasteiger partial charge in [0.05, 0.1) is 17.6 Å². The van der Waals surface area contributed by atoms with Crippen molar-refractivity contribution in [2.75, 3.05) is 11.9 Å². The third-order valence-corrected chi connectivity index (χ3v) is 4.35. The van der Waals surface area contributed by atoms with Gasteiger partial charge in [0.15, 0.2) is 6.23 Å². The minimum Gasteiger partial charge on any atom is -0.457 e. The van der Waals surface area contributed by atoms with Crippen LogP contribution >= 0.6 is 0 Å². The second-order valence-electron chi connectivity index (χ2n) is 6.42. The summed E-state index contributed by atoms with van der Waals surface area (Å²) < 4.78 is 23.9. The van der Waals surface area contributed by atoms with E-state index >= 15 is 0 Å². The molecule has 11 heteroatoms. The molecule has 2 aromatic rings. The molecule has 0 saturated carbocycles. The largest absolute Gasteiger partial charge is 0.457 e. The molecule has 156 valence electrons. The van der Waals surface area contributed by atoms with E-state index in [-0.39, 0.29) is 22.9 Å². The molecule has 0 radical (unpaired) electrons. The van der Waals surface area contributed by atoms with E-state index in [0.29, 0.717) is 0 Å². The Morgan fingerprint density at radius 1 is 1.07 bits per heavy atom. The average Bonchev–Trinajstić information content (AvgIpc) is 2.70. The molecule has 1 fully saturated rings. The number of non-ortho nitro benzene ring substituents is 1. The first kappa shape index (κ1) is 20.9. The molecule has 1 aliphatic rings. The molecule has 2 aromatic carbocycles. The van der Waals surface area contributed by atoms with Crippen molar-refractivity contribution < 1.29 is 39.2 Å². The Hall–Kier alpha value is -2.83. The van der Waals surface area contributed by atoms with Gasteiger partial charge in [0, 0.05) is 17.8 Å². The highest BCUT2D eigenvalue weighted by Gasteiger charge is 2.43. The highest BCUT2D eigenvalue weighted by molar-refractivity contribution is 5.57. The number of nitro benzene ring substituents is 1. The van der Waals surface area contributed by atoms with Gasteiger partial charge in [-0.25, -0.2) is 4.39 Å². The summed E-state index contributed by atoms with van der Waals surface area (Å²) >= 11 is 0. The lowest BCUT2D eigenvalue weighted by Gasteiger charge is -2.40. The van der Waals surface area contributed by atoms with Gasteiger partial charge >= 0.3 is 0 Å². The lowest BCUT2D eigenvalue weighted by atomic mass is 9.98. The van der Waals surface area contributed by atoms with Crippen LogP contribution in [-0.2, 0) is 4.74 Å². The summed E-state index contributed by atoms with van der Waals surface area (Å²) in [5.74, 6) is -0.176. The van der Waals surface area contributed by atoms with Crippen molar-refractivity contribution in [2.45, 2.75) is 30.6 Å². The number of anilines is 1. The molecule has 5 N–H and O–H groups in total. The number of hydrogen-bond donors (Lipinski definition) is 5. The molecular formula is C18H19FN2O8. The van der Waals surface area contributed by atoms with Crippen LogP contribution in [0.15, 0.2) is 42.5 Å². The van der Waals surface area contributed by atoms with Gasteiger partial charge in [-0.3, -0.25) is 10.1 Å². The van der Waals surface area contributed by atoms with Crippen molar-refractivity contribution >= 4 is 11.4 Å². The summed E-state index contributed by atoms with van der Waals surface area (Å²) in [6, 6.07) is 8.70. The molecule has 3 rings (SSSR count). The second kappa shape index (κ2) is 8.68. The summed E-state index contributed by atoms with van der Waals surface area (Å²) in [6.45, 7) is -0.614. The van der Waals surface area contributed by atoms with E-state index in [1.54, 1.807) is 0 Å². The first-order valence-corrected chi connectivity index (χ1v) is 8.58. The van der Waals surface area contributed by atoms with Gasteiger partial charge in [0.25, 0.3) is 5.69 Å². The van der Waals surface area contributed by atoms with Gasteiger partial charge in [-0.2, -0.15) is 0 Å². The summed E-state index contributed by atoms with van der Waals surface area (Å²) in [6.07, 6.45) is -7.12. The third-order valence-electron chi connectivity index (χ3n) is 4.35. The zero-order valence-electron chi connectivity index (χ0n) is 14.9. The summed E-state index contributed by atoms with van der Waals surface area (Å²) in [7, 11) is 0. The number of rotatable bonds is 6. The number of ether oxygens (including phenoxy) is 2. The number of nitrogens with zero attached hydrogens (tertiary/aromatic N) is 1. The van der Waals surface area contributed by atoms with Gasteiger partial charge in [-0.05, 0) is 24.3 Å². The Kier molecular flexibility index (Phi) is 6.25. The van der Waals surface area contributed by atoms with Gasteiger partial charge in [-0.1, -0.05) is 0 Å². The first-order valence-electron chi connectivity index (χ1n) is 8.58. The van der Waals surface area contributed by atoms with Crippen molar-refractivity contribution in [1.82, 2.24) is 0 Å². The minimum absolute atomic E-state index is 0.0536. The van der Waals surface area contributed by atoms with Crippen LogP contribution in [0.1, 0.15) is 0 Å². The Morgan fingerprint density at radius 2 is 1.76 bits per heavy atom. The van der Waals surface area contributed by atoms with E-state index in [0.717, 1.165) is 12.1 Å².